The molecular weight excluding hydrogens is 111 g/mol. The molecule has 0 aliphatic carbocycles. The van der Waals surface area contributed by atoms with Gasteiger partial charge in [-0.3, -0.25) is 0 Å². The molecule has 0 N–H and O–H groups in total. The van der Waals surface area contributed by atoms with Crippen molar-refractivity contribution in [2.24, 2.45) is 0 Å². The first kappa shape index (κ1) is 6.65. The molecule has 0 amide bonds. The summed E-state index contributed by atoms with van der Waals surface area (Å²) in [6, 6.07) is 0. The molecule has 0 bridgehead atoms. The van der Waals surface area contributed by atoms with Gasteiger partial charge in [-0.1, -0.05) is 0 Å². The van der Waals surface area contributed by atoms with Crippen molar-refractivity contribution in [1.29, 1.82) is 0 Å². The Bertz CT molecular complexity index is 55.1. The average Bonchev–Trinajstić information content (AvgIpc) is 1.61. The predicted octanol–water partition coefficient (Wildman–Crippen LogP) is 2.85. The molecule has 0 saturated heterocycles. The predicted molar refractivity (Wildman–Crippen MR) is 34.3 cm³/mol. The van der Waals surface area contributed by atoms with Crippen LogP contribution in [-0.2, 0) is 0 Å². The second-order valence-electron chi connectivity index (χ2n) is 1.19. The van der Waals surface area contributed by atoms with Gasteiger partial charge >= 0.3 is 44.1 Å². The fourth-order valence-corrected chi connectivity index (χ4v) is 1.01. The van der Waals surface area contributed by atoms with E-state index in [9.17, 15) is 0 Å². The van der Waals surface area contributed by atoms with Crippen molar-refractivity contribution < 1.29 is 0 Å². The summed E-state index contributed by atoms with van der Waals surface area (Å²) in [5.41, 5.74) is 0. The molecule has 0 nitrogen and oxygen atoms in total. The zero-order valence-corrected chi connectivity index (χ0v) is 5.69. The van der Waals surface area contributed by atoms with E-state index >= 15 is 0 Å². The third-order valence-corrected chi connectivity index (χ3v) is 1.61. The minimum atomic E-state index is 1.19. The Morgan fingerprint density at radius 1 is 1.67 bits per heavy atom. The molecule has 0 aliphatic heterocycles. The van der Waals surface area contributed by atoms with Crippen molar-refractivity contribution in [2.75, 3.05) is 5.75 Å². The van der Waals surface area contributed by atoms with Crippen molar-refractivity contribution in [3.8, 4) is 0 Å². The summed E-state index contributed by atoms with van der Waals surface area (Å²) < 4.78 is 0. The van der Waals surface area contributed by atoms with Crippen LogP contribution >= 0.6 is 18.6 Å². The van der Waals surface area contributed by atoms with Crippen LogP contribution in [0.3, 0.4) is 0 Å². The fourth-order valence-electron chi connectivity index (χ4n) is 0.209. The molecule has 0 rings (SSSR count). The van der Waals surface area contributed by atoms with E-state index in [0.717, 1.165) is 0 Å². The number of rotatable bonds is 2. The summed E-state index contributed by atoms with van der Waals surface area (Å²) in [6.45, 7) is 2.18. The second-order valence-corrected chi connectivity index (χ2v) is 2.63. The van der Waals surface area contributed by atoms with E-state index in [2.05, 4.69) is 14.7 Å². The number of hydrogen-bond donors (Lipinski definition) is 0. The van der Waals surface area contributed by atoms with Crippen LogP contribution in [-0.4, -0.2) is 5.75 Å². The second kappa shape index (κ2) is 5.65. The molecule has 0 radical (unpaired) electrons. The van der Waals surface area contributed by atoms with Crippen molar-refractivity contribution in [2.45, 2.75) is 19.8 Å². The van der Waals surface area contributed by atoms with E-state index in [1.54, 1.807) is 10.7 Å². The fraction of sp³-hybridized carbons (Fsp3) is 1.00. The Balaban J connectivity index is 2.54. The molecule has 6 heavy (non-hydrogen) atoms. The van der Waals surface area contributed by atoms with Gasteiger partial charge in [-0.25, -0.2) is 0 Å². The van der Waals surface area contributed by atoms with E-state index in [1.165, 1.54) is 18.6 Å². The Morgan fingerprint density at radius 2 is 2.33 bits per heavy atom. The van der Waals surface area contributed by atoms with Crippen LogP contribution in [0.1, 0.15) is 19.8 Å². The van der Waals surface area contributed by atoms with Gasteiger partial charge in [-0.05, 0) is 0 Å². The van der Waals surface area contributed by atoms with Gasteiger partial charge in [0.25, 0.3) is 0 Å². The van der Waals surface area contributed by atoms with Gasteiger partial charge in [0, 0.05) is 0 Å². The van der Waals surface area contributed by atoms with Crippen molar-refractivity contribution in [3.05, 3.63) is 0 Å². The first-order chi connectivity index (χ1) is 2.91. The Morgan fingerprint density at radius 3 is 2.50 bits per heavy atom. The zero-order valence-electron chi connectivity index (χ0n) is 3.98. The minimum absolute atomic E-state index is 1.19. The van der Waals surface area contributed by atoms with Crippen LogP contribution in [0.25, 0.3) is 0 Å². The molecule has 36 valence electrons. The van der Waals surface area contributed by atoms with E-state index in [4.69, 9.17) is 0 Å². The Labute approximate surface area is 44.8 Å². The van der Waals surface area contributed by atoms with Crippen LogP contribution in [0.5, 0.6) is 0 Å². The van der Waals surface area contributed by atoms with E-state index in [0.29, 0.717) is 0 Å². The monoisotopic (exact) mass is 120 g/mol. The standard InChI is InChI=1S/C4H9PS/c1-2-3-4-6-5/h2-4H2,1H3. The summed E-state index contributed by atoms with van der Waals surface area (Å²) in [7, 11) is 5.59. The van der Waals surface area contributed by atoms with Gasteiger partial charge in [0.15, 0.2) is 0 Å². The van der Waals surface area contributed by atoms with Crippen LogP contribution in [0, 0.1) is 0 Å². The van der Waals surface area contributed by atoms with Crippen molar-refractivity contribution in [1.82, 2.24) is 0 Å². The first-order valence-corrected chi connectivity index (χ1v) is 4.22. The molecule has 0 aromatic rings. The normalized spacial score (nSPS) is 8.00. The molecular formula is C4H9PS. The molecule has 0 heterocycles. The average molecular weight is 120 g/mol. The number of hydrogen-bond acceptors (Lipinski definition) is 0. The zero-order chi connectivity index (χ0) is 4.83. The molecule has 2 heteroatoms. The molecule has 0 unspecified atom stereocenters. The van der Waals surface area contributed by atoms with Gasteiger partial charge in [0.05, 0.1) is 0 Å². The van der Waals surface area contributed by atoms with Gasteiger partial charge in [-0.2, -0.15) is 0 Å². The molecule has 0 fully saturated rings. The van der Waals surface area contributed by atoms with Gasteiger partial charge < -0.3 is 0 Å². The maximum absolute atomic E-state index is 3.97. The van der Waals surface area contributed by atoms with Gasteiger partial charge in [0.2, 0.25) is 0 Å². The quantitative estimate of drug-likeness (QED) is 0.388. The van der Waals surface area contributed by atoms with Crippen LogP contribution < -0.4 is 0 Å². The molecule has 0 atom stereocenters. The molecule has 0 spiro atoms. The Hall–Kier alpha value is 0.650. The first-order valence-electron chi connectivity index (χ1n) is 2.18. The molecule has 0 aliphatic rings. The summed E-state index contributed by atoms with van der Waals surface area (Å²) in [6.07, 6.45) is 2.59. The SMILES string of the molecule is CCCCS#P. The Kier molecular flexibility index (Phi) is 6.26. The third kappa shape index (κ3) is 4.65. The van der Waals surface area contributed by atoms with E-state index < -0.39 is 0 Å². The van der Waals surface area contributed by atoms with Crippen molar-refractivity contribution >= 4 is 18.6 Å². The number of unbranched alkanes of at least 4 members (excludes halogenated alkanes) is 1. The van der Waals surface area contributed by atoms with Crippen LogP contribution in [0.4, 0.5) is 0 Å². The summed E-state index contributed by atoms with van der Waals surface area (Å²) >= 11 is 0. The molecule has 0 aromatic carbocycles. The summed E-state index contributed by atoms with van der Waals surface area (Å²) in [4.78, 5) is 0. The van der Waals surface area contributed by atoms with Crippen LogP contribution in [0.2, 0.25) is 0 Å². The maximum atomic E-state index is 3.97. The summed E-state index contributed by atoms with van der Waals surface area (Å²) in [5.74, 6) is 1.19. The molecule has 0 saturated carbocycles. The molecule has 0 aromatic heterocycles. The topological polar surface area (TPSA) is 0 Å². The van der Waals surface area contributed by atoms with Gasteiger partial charge in [-0.15, -0.1) is 0 Å². The van der Waals surface area contributed by atoms with Crippen LogP contribution in [0.15, 0.2) is 0 Å². The van der Waals surface area contributed by atoms with Gasteiger partial charge in [0.1, 0.15) is 0 Å². The third-order valence-electron chi connectivity index (χ3n) is 0.589. The van der Waals surface area contributed by atoms with E-state index in [1.807, 2.05) is 0 Å². The summed E-state index contributed by atoms with van der Waals surface area (Å²) in [5, 5.41) is 0. The van der Waals surface area contributed by atoms with E-state index in [-0.39, 0.29) is 0 Å². The van der Waals surface area contributed by atoms with Crippen molar-refractivity contribution in [3.63, 3.8) is 0 Å².